The van der Waals surface area contributed by atoms with Crippen LogP contribution >= 0.6 is 0 Å². The zero-order valence-corrected chi connectivity index (χ0v) is 11.4. The summed E-state index contributed by atoms with van der Waals surface area (Å²) in [5.74, 6) is -0.800. The Morgan fingerprint density at radius 3 is 2.35 bits per heavy atom. The van der Waals surface area contributed by atoms with Gasteiger partial charge in [0.1, 0.15) is 5.82 Å². The minimum absolute atomic E-state index is 0.241. The maximum absolute atomic E-state index is 12.9. The molecule has 0 heterocycles. The summed E-state index contributed by atoms with van der Waals surface area (Å²) >= 11 is -2.48. The number of para-hydroxylation sites is 1. The number of hydrogen-bond donors (Lipinski definition) is 0. The van der Waals surface area contributed by atoms with Gasteiger partial charge in [-0.25, -0.2) is 4.39 Å². The maximum Gasteiger partial charge on any atom is 0.195 e. The van der Waals surface area contributed by atoms with Crippen LogP contribution in [-0.4, -0.2) is 21.6 Å². The van der Waals surface area contributed by atoms with E-state index in [1.54, 1.807) is 12.1 Å². The predicted octanol–water partition coefficient (Wildman–Crippen LogP) is 2.29. The van der Waals surface area contributed by atoms with Gasteiger partial charge in [-0.3, -0.25) is 9.00 Å². The largest absolute Gasteiger partial charge is 0.755 e. The van der Waals surface area contributed by atoms with E-state index in [-0.39, 0.29) is 17.0 Å². The fourth-order valence-corrected chi connectivity index (χ4v) is 2.10. The average molecular weight is 292 g/mol. The van der Waals surface area contributed by atoms with Crippen LogP contribution in [0.2, 0.25) is 0 Å². The lowest BCUT2D eigenvalue weighted by Crippen LogP contribution is -2.22. The van der Waals surface area contributed by atoms with E-state index in [0.29, 0.717) is 5.56 Å². The lowest BCUT2D eigenvalue weighted by molar-refractivity contribution is 0.103. The quantitative estimate of drug-likeness (QED) is 0.641. The highest BCUT2D eigenvalue weighted by Crippen LogP contribution is 2.23. The molecule has 0 aliphatic rings. The Morgan fingerprint density at radius 2 is 1.75 bits per heavy atom. The Bertz CT molecular complexity index is 658. The van der Waals surface area contributed by atoms with Crippen molar-refractivity contribution in [3.8, 4) is 0 Å². The Hall–Kier alpha value is -2.05. The van der Waals surface area contributed by atoms with Crippen LogP contribution in [0, 0.1) is 5.82 Å². The third-order valence-electron chi connectivity index (χ3n) is 2.82. The normalized spacial score (nSPS) is 11.9. The number of anilines is 1. The highest BCUT2D eigenvalue weighted by molar-refractivity contribution is 7.80. The maximum atomic E-state index is 12.9. The molecule has 6 heteroatoms. The fraction of sp³-hybridized carbons (Fsp3) is 0.0714. The second-order valence-electron chi connectivity index (χ2n) is 4.07. The molecule has 0 amide bonds. The third kappa shape index (κ3) is 2.92. The summed E-state index contributed by atoms with van der Waals surface area (Å²) in [5.41, 5.74) is 0.810. The molecule has 2 aromatic carbocycles. The third-order valence-corrected chi connectivity index (χ3v) is 3.46. The molecule has 0 saturated heterocycles. The second-order valence-corrected chi connectivity index (χ2v) is 5.05. The van der Waals surface area contributed by atoms with E-state index in [1.807, 2.05) is 0 Å². The van der Waals surface area contributed by atoms with Crippen molar-refractivity contribution in [1.82, 2.24) is 0 Å². The molecule has 1 atom stereocenters. The standard InChI is InChI=1S/C14H12FNO3S/c1-16(20(18)19)13-5-3-2-4-12(13)14(17)10-6-8-11(15)9-7-10/h2-9H,1H3,(H,18,19)/p-1. The van der Waals surface area contributed by atoms with Crippen molar-refractivity contribution in [2.75, 3.05) is 11.4 Å². The van der Waals surface area contributed by atoms with Crippen LogP contribution < -0.4 is 4.31 Å². The van der Waals surface area contributed by atoms with Gasteiger partial charge in [-0.05, 0) is 36.4 Å². The van der Waals surface area contributed by atoms with Crippen LogP contribution in [0.4, 0.5) is 10.1 Å². The molecule has 4 nitrogen and oxygen atoms in total. The molecular formula is C14H11FNO3S-. The molecule has 0 fully saturated rings. The first-order valence-electron chi connectivity index (χ1n) is 5.73. The summed E-state index contributed by atoms with van der Waals surface area (Å²) in [6.45, 7) is 0. The first kappa shape index (κ1) is 14.4. The highest BCUT2D eigenvalue weighted by Gasteiger charge is 2.16. The second kappa shape index (κ2) is 5.94. The van der Waals surface area contributed by atoms with Crippen molar-refractivity contribution in [1.29, 1.82) is 0 Å². The molecule has 0 spiro atoms. The molecule has 0 bridgehead atoms. The monoisotopic (exact) mass is 292 g/mol. The summed E-state index contributed by atoms with van der Waals surface area (Å²) in [6, 6.07) is 11.4. The molecule has 0 saturated carbocycles. The summed E-state index contributed by atoms with van der Waals surface area (Å²) in [5, 5.41) is 0. The highest BCUT2D eigenvalue weighted by atomic mass is 32.2. The zero-order valence-electron chi connectivity index (χ0n) is 10.6. The molecule has 1 unspecified atom stereocenters. The van der Waals surface area contributed by atoms with E-state index in [4.69, 9.17) is 0 Å². The Balaban J connectivity index is 2.45. The van der Waals surface area contributed by atoms with Gasteiger partial charge in [-0.15, -0.1) is 0 Å². The van der Waals surface area contributed by atoms with Crippen LogP contribution in [0.1, 0.15) is 15.9 Å². The summed E-state index contributed by atoms with van der Waals surface area (Å²) in [7, 11) is 1.35. The lowest BCUT2D eigenvalue weighted by atomic mass is 10.0. The number of ketones is 1. The molecule has 0 aliphatic heterocycles. The fourth-order valence-electron chi connectivity index (χ4n) is 1.78. The van der Waals surface area contributed by atoms with Crippen molar-refractivity contribution in [3.63, 3.8) is 0 Å². The van der Waals surface area contributed by atoms with Crippen LogP contribution in [0.3, 0.4) is 0 Å². The molecule has 2 aromatic rings. The lowest BCUT2D eigenvalue weighted by Gasteiger charge is -2.23. The van der Waals surface area contributed by atoms with E-state index >= 15 is 0 Å². The van der Waals surface area contributed by atoms with Gasteiger partial charge in [-0.1, -0.05) is 12.1 Å². The Morgan fingerprint density at radius 1 is 1.15 bits per heavy atom. The van der Waals surface area contributed by atoms with E-state index < -0.39 is 17.1 Å². The Kier molecular flexibility index (Phi) is 4.26. The Labute approximate surface area is 118 Å². The smallest absolute Gasteiger partial charge is 0.195 e. The molecule has 20 heavy (non-hydrogen) atoms. The van der Waals surface area contributed by atoms with Crippen LogP contribution in [-0.2, 0) is 11.3 Å². The van der Waals surface area contributed by atoms with Gasteiger partial charge >= 0.3 is 0 Å². The minimum atomic E-state index is -2.48. The van der Waals surface area contributed by atoms with Gasteiger partial charge in [0.15, 0.2) is 5.78 Å². The van der Waals surface area contributed by atoms with E-state index in [1.165, 1.54) is 43.4 Å². The molecule has 0 radical (unpaired) electrons. The predicted molar refractivity (Wildman–Crippen MR) is 73.6 cm³/mol. The van der Waals surface area contributed by atoms with Crippen molar-refractivity contribution < 1.29 is 17.9 Å². The van der Waals surface area contributed by atoms with E-state index in [0.717, 1.165) is 4.31 Å². The van der Waals surface area contributed by atoms with E-state index in [9.17, 15) is 17.9 Å². The van der Waals surface area contributed by atoms with E-state index in [2.05, 4.69) is 0 Å². The molecular weight excluding hydrogens is 281 g/mol. The molecule has 0 aromatic heterocycles. The zero-order chi connectivity index (χ0) is 14.7. The molecule has 0 aliphatic carbocycles. The van der Waals surface area contributed by atoms with Crippen molar-refractivity contribution in [2.24, 2.45) is 0 Å². The van der Waals surface area contributed by atoms with Crippen LogP contribution in [0.15, 0.2) is 48.5 Å². The van der Waals surface area contributed by atoms with Crippen molar-refractivity contribution in [3.05, 3.63) is 65.5 Å². The summed E-state index contributed by atoms with van der Waals surface area (Å²) in [4.78, 5) is 12.4. The summed E-state index contributed by atoms with van der Waals surface area (Å²) < 4.78 is 35.9. The van der Waals surface area contributed by atoms with Gasteiger partial charge in [-0.2, -0.15) is 0 Å². The number of hydrogen-bond acceptors (Lipinski definition) is 3. The topological polar surface area (TPSA) is 60.4 Å². The van der Waals surface area contributed by atoms with Gasteiger partial charge in [0, 0.05) is 29.4 Å². The van der Waals surface area contributed by atoms with Gasteiger partial charge < -0.3 is 8.86 Å². The first-order chi connectivity index (χ1) is 9.50. The molecule has 2 rings (SSSR count). The number of rotatable bonds is 4. The SMILES string of the molecule is CN(c1ccccc1C(=O)c1ccc(F)cc1)S(=O)[O-]. The van der Waals surface area contributed by atoms with Crippen LogP contribution in [0.25, 0.3) is 0 Å². The van der Waals surface area contributed by atoms with Crippen LogP contribution in [0.5, 0.6) is 0 Å². The number of carbonyl (C=O) groups is 1. The average Bonchev–Trinajstić information content (AvgIpc) is 2.46. The number of carbonyl (C=O) groups excluding carboxylic acids is 1. The first-order valence-corrected chi connectivity index (χ1v) is 6.76. The molecule has 0 N–H and O–H groups in total. The van der Waals surface area contributed by atoms with Crippen molar-refractivity contribution in [2.45, 2.75) is 0 Å². The van der Waals surface area contributed by atoms with Gasteiger partial charge in [0.2, 0.25) is 0 Å². The number of halogens is 1. The minimum Gasteiger partial charge on any atom is -0.755 e. The van der Waals surface area contributed by atoms with Gasteiger partial charge in [0.25, 0.3) is 0 Å². The number of benzene rings is 2. The molecule has 104 valence electrons. The van der Waals surface area contributed by atoms with Gasteiger partial charge in [0.05, 0.1) is 5.69 Å². The summed E-state index contributed by atoms with van der Waals surface area (Å²) in [6.07, 6.45) is 0. The van der Waals surface area contributed by atoms with Crippen molar-refractivity contribution >= 4 is 22.7 Å². The number of nitrogens with zero attached hydrogens (tertiary/aromatic N) is 1.